The molecule has 4 rings (SSSR count). The molecule has 3 aliphatic rings. The number of carbonyl (C=O) groups is 2. The number of hydrogen-bond donors (Lipinski definition) is 4. The summed E-state index contributed by atoms with van der Waals surface area (Å²) in [5.41, 5.74) is 0.638. The first kappa shape index (κ1) is 24.1. The number of carbonyl (C=O) groups excluding carboxylic acids is 1. The van der Waals surface area contributed by atoms with Crippen LogP contribution in [0.1, 0.15) is 37.2 Å². The van der Waals surface area contributed by atoms with Crippen molar-refractivity contribution in [1.29, 1.82) is 0 Å². The third-order valence-corrected chi connectivity index (χ3v) is 7.06. The van der Waals surface area contributed by atoms with Crippen LogP contribution in [0.25, 0.3) is 0 Å². The second-order valence-electron chi connectivity index (χ2n) is 9.11. The van der Waals surface area contributed by atoms with Crippen LogP contribution < -0.4 is 0 Å². The van der Waals surface area contributed by atoms with Crippen LogP contribution >= 0.6 is 0 Å². The van der Waals surface area contributed by atoms with Gasteiger partial charge in [0.2, 0.25) is 0 Å². The van der Waals surface area contributed by atoms with Crippen LogP contribution in [-0.4, -0.2) is 99.8 Å². The number of hydrogen-bond acceptors (Lipinski definition) is 9. The lowest BCUT2D eigenvalue weighted by molar-refractivity contribution is -0.294. The molecule has 3 heterocycles. The molecular weight excluding hydrogens is 434 g/mol. The summed E-state index contributed by atoms with van der Waals surface area (Å²) in [6, 6.07) is 9.68. The van der Waals surface area contributed by atoms with Gasteiger partial charge in [0.05, 0.1) is 6.61 Å². The Morgan fingerprint density at radius 1 is 1.06 bits per heavy atom. The number of esters is 1. The van der Waals surface area contributed by atoms with Crippen molar-refractivity contribution in [1.82, 2.24) is 4.90 Å². The Hall–Kier alpha value is -2.08. The average molecular weight is 465 g/mol. The molecule has 182 valence electrons. The van der Waals surface area contributed by atoms with Gasteiger partial charge in [0.1, 0.15) is 30.3 Å². The number of piperidine rings is 1. The van der Waals surface area contributed by atoms with Crippen molar-refractivity contribution >= 4 is 11.9 Å². The minimum absolute atomic E-state index is 0.192. The fourth-order valence-electron chi connectivity index (χ4n) is 5.07. The molecule has 0 aliphatic carbocycles. The van der Waals surface area contributed by atoms with Crippen molar-refractivity contribution in [3.63, 3.8) is 0 Å². The Morgan fingerprint density at radius 3 is 2.30 bits per heavy atom. The van der Waals surface area contributed by atoms with Gasteiger partial charge in [-0.05, 0) is 38.3 Å². The maximum Gasteiger partial charge on any atom is 0.335 e. The summed E-state index contributed by atoms with van der Waals surface area (Å²) in [6.45, 7) is -0.265. The van der Waals surface area contributed by atoms with E-state index in [1.165, 1.54) is 0 Å². The average Bonchev–Trinajstić information content (AvgIpc) is 2.99. The Morgan fingerprint density at radius 2 is 1.70 bits per heavy atom. The predicted molar refractivity (Wildman–Crippen MR) is 113 cm³/mol. The van der Waals surface area contributed by atoms with E-state index < -0.39 is 48.6 Å². The molecule has 0 amide bonds. The van der Waals surface area contributed by atoms with Gasteiger partial charge in [0, 0.05) is 12.1 Å². The Labute approximate surface area is 191 Å². The van der Waals surface area contributed by atoms with E-state index in [0.29, 0.717) is 17.6 Å². The van der Waals surface area contributed by atoms with E-state index in [2.05, 4.69) is 11.9 Å². The zero-order valence-electron chi connectivity index (χ0n) is 18.4. The van der Waals surface area contributed by atoms with Crippen LogP contribution in [0.5, 0.6) is 0 Å². The molecule has 0 aromatic heterocycles. The molecule has 1 aromatic rings. The number of aliphatic carboxylic acids is 1. The maximum absolute atomic E-state index is 13.2. The third-order valence-electron chi connectivity index (χ3n) is 7.06. The SMILES string of the molecule is CN1C2CCC1CC(OC(=O)C(COC1OC(C(=O)O)C(O)C(O)C1O)c1ccccc1)C2. The molecule has 3 saturated heterocycles. The number of benzene rings is 1. The summed E-state index contributed by atoms with van der Waals surface area (Å²) in [6.07, 6.45) is -5.05. The number of nitrogens with zero attached hydrogens (tertiary/aromatic N) is 1. The van der Waals surface area contributed by atoms with Crippen molar-refractivity contribution in [3.05, 3.63) is 35.9 Å². The zero-order valence-corrected chi connectivity index (χ0v) is 18.4. The number of aliphatic hydroxyl groups is 3. The molecule has 3 fully saturated rings. The second kappa shape index (κ2) is 10.0. The second-order valence-corrected chi connectivity index (χ2v) is 9.11. The van der Waals surface area contributed by atoms with Crippen molar-refractivity contribution in [2.75, 3.05) is 13.7 Å². The number of fused-ring (bicyclic) bond motifs is 2. The molecule has 0 saturated carbocycles. The first-order valence-corrected chi connectivity index (χ1v) is 11.3. The van der Waals surface area contributed by atoms with Crippen molar-refractivity contribution in [3.8, 4) is 0 Å². The van der Waals surface area contributed by atoms with Gasteiger partial charge in [-0.1, -0.05) is 30.3 Å². The van der Waals surface area contributed by atoms with E-state index in [1.807, 2.05) is 6.07 Å². The molecule has 0 spiro atoms. The van der Waals surface area contributed by atoms with Gasteiger partial charge < -0.3 is 39.5 Å². The van der Waals surface area contributed by atoms with Crippen LogP contribution in [0.4, 0.5) is 0 Å². The van der Waals surface area contributed by atoms with E-state index in [-0.39, 0.29) is 12.7 Å². The number of ether oxygens (including phenoxy) is 3. The summed E-state index contributed by atoms with van der Waals surface area (Å²) in [5.74, 6) is -2.82. The summed E-state index contributed by atoms with van der Waals surface area (Å²) < 4.78 is 16.6. The molecule has 4 N–H and O–H groups in total. The molecule has 10 nitrogen and oxygen atoms in total. The van der Waals surface area contributed by atoms with Gasteiger partial charge in [-0.25, -0.2) is 4.79 Å². The van der Waals surface area contributed by atoms with E-state index in [9.17, 15) is 30.0 Å². The zero-order chi connectivity index (χ0) is 23.7. The molecule has 33 heavy (non-hydrogen) atoms. The monoisotopic (exact) mass is 465 g/mol. The highest BCUT2D eigenvalue weighted by atomic mass is 16.7. The van der Waals surface area contributed by atoms with Gasteiger partial charge in [-0.3, -0.25) is 4.79 Å². The van der Waals surface area contributed by atoms with E-state index >= 15 is 0 Å². The van der Waals surface area contributed by atoms with Gasteiger partial charge >= 0.3 is 11.9 Å². The highest BCUT2D eigenvalue weighted by Gasteiger charge is 2.48. The summed E-state index contributed by atoms with van der Waals surface area (Å²) in [4.78, 5) is 26.8. The smallest absolute Gasteiger partial charge is 0.335 e. The standard InChI is InChI=1S/C23H31NO9/c1-24-13-7-8-14(24)10-15(9-13)32-22(30)16(12-5-3-2-4-6-12)11-31-23-19(27)17(25)18(26)20(33-23)21(28)29/h2-6,13-20,23,25-27H,7-11H2,1H3,(H,28,29). The van der Waals surface area contributed by atoms with E-state index in [4.69, 9.17) is 14.2 Å². The molecule has 0 radical (unpaired) electrons. The molecule has 8 unspecified atom stereocenters. The molecule has 2 bridgehead atoms. The lowest BCUT2D eigenvalue weighted by Crippen LogP contribution is -2.60. The quantitative estimate of drug-likeness (QED) is 0.401. The van der Waals surface area contributed by atoms with Gasteiger partial charge in [0.15, 0.2) is 12.4 Å². The number of carboxylic acid groups (broad SMARTS) is 1. The van der Waals surface area contributed by atoms with Gasteiger partial charge in [-0.2, -0.15) is 0 Å². The Balaban J connectivity index is 1.44. The Kier molecular flexibility index (Phi) is 7.32. The van der Waals surface area contributed by atoms with Crippen molar-refractivity contribution in [2.45, 2.75) is 80.5 Å². The fraction of sp³-hybridized carbons (Fsp3) is 0.652. The van der Waals surface area contributed by atoms with Crippen LogP contribution in [-0.2, 0) is 23.8 Å². The van der Waals surface area contributed by atoms with E-state index in [0.717, 1.165) is 25.7 Å². The molecule has 10 heteroatoms. The first-order valence-electron chi connectivity index (χ1n) is 11.3. The molecular formula is C23H31NO9. The van der Waals surface area contributed by atoms with Crippen molar-refractivity contribution < 1.29 is 44.2 Å². The van der Waals surface area contributed by atoms with Gasteiger partial charge in [0.25, 0.3) is 0 Å². The maximum atomic E-state index is 13.2. The minimum Gasteiger partial charge on any atom is -0.479 e. The highest BCUT2D eigenvalue weighted by Crippen LogP contribution is 2.36. The molecule has 3 aliphatic heterocycles. The first-order chi connectivity index (χ1) is 15.8. The molecule has 8 atom stereocenters. The predicted octanol–water partition coefficient (Wildman–Crippen LogP) is -0.153. The summed E-state index contributed by atoms with van der Waals surface area (Å²) in [7, 11) is 2.10. The lowest BCUT2D eigenvalue weighted by Gasteiger charge is -2.39. The van der Waals surface area contributed by atoms with Gasteiger partial charge in [-0.15, -0.1) is 0 Å². The van der Waals surface area contributed by atoms with E-state index in [1.54, 1.807) is 24.3 Å². The van der Waals surface area contributed by atoms with Crippen LogP contribution in [0.3, 0.4) is 0 Å². The van der Waals surface area contributed by atoms with Crippen LogP contribution in [0, 0.1) is 0 Å². The number of carboxylic acids is 1. The molecule has 1 aromatic carbocycles. The topological polar surface area (TPSA) is 146 Å². The number of aliphatic hydroxyl groups excluding tert-OH is 3. The highest BCUT2D eigenvalue weighted by molar-refractivity contribution is 5.78. The summed E-state index contributed by atoms with van der Waals surface area (Å²) >= 11 is 0. The van der Waals surface area contributed by atoms with Crippen LogP contribution in [0.2, 0.25) is 0 Å². The Bertz CT molecular complexity index is 822. The van der Waals surface area contributed by atoms with Crippen LogP contribution in [0.15, 0.2) is 30.3 Å². The largest absolute Gasteiger partial charge is 0.479 e. The number of rotatable bonds is 7. The summed E-state index contributed by atoms with van der Waals surface area (Å²) in [5, 5.41) is 39.3. The minimum atomic E-state index is -1.81. The lowest BCUT2D eigenvalue weighted by atomic mass is 9.97. The third kappa shape index (κ3) is 5.06. The fourth-order valence-corrected chi connectivity index (χ4v) is 5.07. The van der Waals surface area contributed by atoms with Crippen molar-refractivity contribution in [2.24, 2.45) is 0 Å². The normalized spacial score (nSPS) is 37.5.